The number of rotatable bonds is 3. The molecule has 0 radical (unpaired) electrons. The molecule has 6 nitrogen and oxygen atoms in total. The summed E-state index contributed by atoms with van der Waals surface area (Å²) in [5, 5.41) is 8.96. The molecule has 0 bridgehead atoms. The number of fused-ring (bicyclic) bond motifs is 1. The molecule has 0 saturated carbocycles. The van der Waals surface area contributed by atoms with E-state index in [1.165, 1.54) is 14.0 Å². The van der Waals surface area contributed by atoms with Crippen molar-refractivity contribution in [3.05, 3.63) is 22.5 Å². The van der Waals surface area contributed by atoms with Crippen LogP contribution >= 0.6 is 0 Å². The van der Waals surface area contributed by atoms with E-state index in [-0.39, 0.29) is 5.78 Å². The predicted octanol–water partition coefficient (Wildman–Crippen LogP) is 1.39. The SMILES string of the molecule is Cc1c(C(=O)N(C)C(C)C(=O)O)[nH]c2c1C(=O)CCC2. The molecule has 1 amide bonds. The maximum atomic E-state index is 12.4. The number of carboxylic acid groups (broad SMARTS) is 1. The number of nitrogens with zero attached hydrogens (tertiary/aromatic N) is 1. The summed E-state index contributed by atoms with van der Waals surface area (Å²) in [4.78, 5) is 39.4. The molecule has 0 spiro atoms. The number of nitrogens with one attached hydrogen (secondary N) is 1. The van der Waals surface area contributed by atoms with Crippen molar-refractivity contribution in [2.45, 2.75) is 39.2 Å². The number of likely N-dealkylation sites (N-methyl/N-ethyl adjacent to an activating group) is 1. The van der Waals surface area contributed by atoms with Crippen LogP contribution in [-0.2, 0) is 11.2 Å². The molecule has 20 heavy (non-hydrogen) atoms. The van der Waals surface area contributed by atoms with Crippen molar-refractivity contribution in [1.82, 2.24) is 9.88 Å². The highest BCUT2D eigenvalue weighted by atomic mass is 16.4. The molecule has 2 N–H and O–H groups in total. The Morgan fingerprint density at radius 1 is 1.35 bits per heavy atom. The Kier molecular flexibility index (Phi) is 3.65. The van der Waals surface area contributed by atoms with Crippen LogP contribution in [-0.4, -0.2) is 45.7 Å². The minimum atomic E-state index is -1.06. The second-order valence-corrected chi connectivity index (χ2v) is 5.19. The van der Waals surface area contributed by atoms with Crippen molar-refractivity contribution in [3.8, 4) is 0 Å². The summed E-state index contributed by atoms with van der Waals surface area (Å²) >= 11 is 0. The minimum absolute atomic E-state index is 0.0491. The summed E-state index contributed by atoms with van der Waals surface area (Å²) in [6, 6.07) is -0.919. The van der Waals surface area contributed by atoms with Crippen molar-refractivity contribution < 1.29 is 19.5 Å². The number of aromatic nitrogens is 1. The molecule has 6 heteroatoms. The highest BCUT2D eigenvalue weighted by molar-refractivity contribution is 6.04. The number of Topliss-reactive ketones (excluding diaryl/α,β-unsaturated/α-hetero) is 1. The Morgan fingerprint density at radius 3 is 2.55 bits per heavy atom. The van der Waals surface area contributed by atoms with Gasteiger partial charge in [-0.3, -0.25) is 9.59 Å². The van der Waals surface area contributed by atoms with Gasteiger partial charge in [-0.2, -0.15) is 0 Å². The van der Waals surface area contributed by atoms with Crippen LogP contribution in [0.3, 0.4) is 0 Å². The summed E-state index contributed by atoms with van der Waals surface area (Å²) in [6.45, 7) is 3.18. The van der Waals surface area contributed by atoms with Gasteiger partial charge in [-0.1, -0.05) is 0 Å². The molecule has 0 aliphatic heterocycles. The molecule has 2 rings (SSSR count). The third-order valence-corrected chi connectivity index (χ3v) is 3.91. The van der Waals surface area contributed by atoms with Crippen LogP contribution in [0.25, 0.3) is 0 Å². The van der Waals surface area contributed by atoms with Crippen LogP contribution in [0.1, 0.15) is 51.9 Å². The second kappa shape index (κ2) is 5.11. The predicted molar refractivity (Wildman–Crippen MR) is 72.0 cm³/mol. The average molecular weight is 278 g/mol. The zero-order chi connectivity index (χ0) is 15.0. The summed E-state index contributed by atoms with van der Waals surface area (Å²) in [5.41, 5.74) is 2.34. The fourth-order valence-electron chi connectivity index (χ4n) is 2.51. The number of hydrogen-bond acceptors (Lipinski definition) is 3. The van der Waals surface area contributed by atoms with E-state index in [0.29, 0.717) is 23.2 Å². The van der Waals surface area contributed by atoms with Crippen molar-refractivity contribution >= 4 is 17.7 Å². The van der Waals surface area contributed by atoms with Crippen LogP contribution in [0.15, 0.2) is 0 Å². The topological polar surface area (TPSA) is 90.5 Å². The van der Waals surface area contributed by atoms with Gasteiger partial charge in [0.1, 0.15) is 11.7 Å². The normalized spacial score (nSPS) is 15.7. The van der Waals surface area contributed by atoms with Gasteiger partial charge in [-0.25, -0.2) is 4.79 Å². The van der Waals surface area contributed by atoms with Gasteiger partial charge in [0.15, 0.2) is 5.78 Å². The average Bonchev–Trinajstić information content (AvgIpc) is 2.74. The number of aromatic amines is 1. The Bertz CT molecular complexity index is 588. The fraction of sp³-hybridized carbons (Fsp3) is 0.500. The zero-order valence-electron chi connectivity index (χ0n) is 11.8. The highest BCUT2D eigenvalue weighted by Crippen LogP contribution is 2.27. The first-order chi connectivity index (χ1) is 9.34. The molecule has 108 valence electrons. The smallest absolute Gasteiger partial charge is 0.326 e. The van der Waals surface area contributed by atoms with E-state index in [0.717, 1.165) is 23.4 Å². The zero-order valence-corrected chi connectivity index (χ0v) is 11.8. The lowest BCUT2D eigenvalue weighted by molar-refractivity contribution is -0.141. The first kappa shape index (κ1) is 14.3. The molecular weight excluding hydrogens is 260 g/mol. The van der Waals surface area contributed by atoms with E-state index in [2.05, 4.69) is 4.98 Å². The largest absolute Gasteiger partial charge is 0.480 e. The molecule has 0 fully saturated rings. The number of hydrogen-bond donors (Lipinski definition) is 2. The molecular formula is C14H18N2O4. The Hall–Kier alpha value is -2.11. The van der Waals surface area contributed by atoms with Crippen LogP contribution in [0.5, 0.6) is 0 Å². The first-order valence-corrected chi connectivity index (χ1v) is 6.59. The highest BCUT2D eigenvalue weighted by Gasteiger charge is 2.30. The number of aryl methyl sites for hydroxylation is 1. The van der Waals surface area contributed by atoms with E-state index in [1.54, 1.807) is 6.92 Å². The Labute approximate surface area is 116 Å². The molecule has 1 aromatic rings. The van der Waals surface area contributed by atoms with E-state index in [4.69, 9.17) is 5.11 Å². The number of ketones is 1. The van der Waals surface area contributed by atoms with Gasteiger partial charge >= 0.3 is 5.97 Å². The van der Waals surface area contributed by atoms with Gasteiger partial charge < -0.3 is 15.0 Å². The van der Waals surface area contributed by atoms with Crippen LogP contribution in [0.4, 0.5) is 0 Å². The maximum absolute atomic E-state index is 12.4. The summed E-state index contributed by atoms with van der Waals surface area (Å²) < 4.78 is 0. The van der Waals surface area contributed by atoms with Gasteiger partial charge in [-0.05, 0) is 32.3 Å². The lowest BCUT2D eigenvalue weighted by atomic mass is 9.93. The standard InChI is InChI=1S/C14H18N2O4/c1-7-11-9(5-4-6-10(11)17)15-12(7)13(18)16(3)8(2)14(19)20/h8,15H,4-6H2,1-3H3,(H,19,20). The first-order valence-electron chi connectivity index (χ1n) is 6.59. The number of carboxylic acids is 1. The number of H-pyrrole nitrogens is 1. The van der Waals surface area contributed by atoms with Gasteiger partial charge in [-0.15, -0.1) is 0 Å². The number of amides is 1. The molecule has 0 saturated heterocycles. The molecule has 1 unspecified atom stereocenters. The third-order valence-electron chi connectivity index (χ3n) is 3.91. The number of carbonyl (C=O) groups is 3. The lowest BCUT2D eigenvalue weighted by Gasteiger charge is -2.21. The van der Waals surface area contributed by atoms with Gasteiger partial charge in [0.25, 0.3) is 5.91 Å². The molecule has 1 heterocycles. The Morgan fingerprint density at radius 2 is 2.00 bits per heavy atom. The maximum Gasteiger partial charge on any atom is 0.326 e. The molecule has 1 aliphatic carbocycles. The molecule has 1 aliphatic rings. The van der Waals surface area contributed by atoms with Gasteiger partial charge in [0.2, 0.25) is 0 Å². The number of carbonyl (C=O) groups excluding carboxylic acids is 2. The van der Waals surface area contributed by atoms with E-state index >= 15 is 0 Å². The lowest BCUT2D eigenvalue weighted by Crippen LogP contribution is -2.40. The summed E-state index contributed by atoms with van der Waals surface area (Å²) in [7, 11) is 1.45. The molecule has 1 atom stereocenters. The Balaban J connectivity index is 2.37. The van der Waals surface area contributed by atoms with Gasteiger partial charge in [0.05, 0.1) is 0 Å². The van der Waals surface area contributed by atoms with E-state index in [9.17, 15) is 14.4 Å². The number of aliphatic carboxylic acids is 1. The monoisotopic (exact) mass is 278 g/mol. The van der Waals surface area contributed by atoms with E-state index < -0.39 is 17.9 Å². The quantitative estimate of drug-likeness (QED) is 0.874. The molecule has 1 aromatic heterocycles. The van der Waals surface area contributed by atoms with Crippen molar-refractivity contribution in [2.24, 2.45) is 0 Å². The molecule has 0 aromatic carbocycles. The van der Waals surface area contributed by atoms with Gasteiger partial charge in [0, 0.05) is 24.7 Å². The fourth-order valence-corrected chi connectivity index (χ4v) is 2.51. The van der Waals surface area contributed by atoms with Crippen molar-refractivity contribution in [1.29, 1.82) is 0 Å². The minimum Gasteiger partial charge on any atom is -0.480 e. The van der Waals surface area contributed by atoms with Crippen molar-refractivity contribution in [2.75, 3.05) is 7.05 Å². The van der Waals surface area contributed by atoms with Crippen LogP contribution in [0, 0.1) is 6.92 Å². The van der Waals surface area contributed by atoms with Crippen LogP contribution in [0.2, 0.25) is 0 Å². The van der Waals surface area contributed by atoms with Crippen LogP contribution < -0.4 is 0 Å². The second-order valence-electron chi connectivity index (χ2n) is 5.19. The summed E-state index contributed by atoms with van der Waals surface area (Å²) in [5.74, 6) is -1.42. The third kappa shape index (κ3) is 2.21. The van der Waals surface area contributed by atoms with E-state index in [1.807, 2.05) is 0 Å². The summed E-state index contributed by atoms with van der Waals surface area (Å²) in [6.07, 6.45) is 2.02. The van der Waals surface area contributed by atoms with Crippen molar-refractivity contribution in [3.63, 3.8) is 0 Å².